The van der Waals surface area contributed by atoms with E-state index < -0.39 is 12.1 Å². The Balaban J connectivity index is 0.00000361. The van der Waals surface area contributed by atoms with Gasteiger partial charge in [0.05, 0.1) is 6.04 Å². The number of rotatable bonds is 4. The van der Waals surface area contributed by atoms with Gasteiger partial charge in [-0.05, 0) is 12.8 Å². The molecule has 0 aromatic heterocycles. The van der Waals surface area contributed by atoms with Crippen LogP contribution in [0.4, 0.5) is 0 Å². The van der Waals surface area contributed by atoms with E-state index in [0.29, 0.717) is 26.2 Å². The van der Waals surface area contributed by atoms with Crippen LogP contribution in [-0.4, -0.2) is 65.0 Å². The first-order chi connectivity index (χ1) is 8.88. The standard InChI is InChI=1S/C13H25N3O3.ClH/c1-4-9(2)11(14)13(19)16-7-5-15(6-8-16)12(18)10(3)17;/h9-11,17H,4-8,14H2,1-3H3;1H. The van der Waals surface area contributed by atoms with E-state index in [-0.39, 0.29) is 30.1 Å². The number of hydrogen-bond donors (Lipinski definition) is 2. The van der Waals surface area contributed by atoms with Crippen molar-refractivity contribution in [1.29, 1.82) is 0 Å². The molecular weight excluding hydrogens is 282 g/mol. The van der Waals surface area contributed by atoms with Crippen LogP contribution in [0.1, 0.15) is 27.2 Å². The summed E-state index contributed by atoms with van der Waals surface area (Å²) in [6.07, 6.45) is -0.113. The summed E-state index contributed by atoms with van der Waals surface area (Å²) in [7, 11) is 0. The summed E-state index contributed by atoms with van der Waals surface area (Å²) in [6, 6.07) is -0.469. The molecule has 0 radical (unpaired) electrons. The zero-order valence-electron chi connectivity index (χ0n) is 12.4. The third kappa shape index (κ3) is 4.61. The molecule has 0 spiro atoms. The summed E-state index contributed by atoms with van der Waals surface area (Å²) in [5.41, 5.74) is 5.93. The van der Waals surface area contributed by atoms with Gasteiger partial charge in [-0.15, -0.1) is 12.4 Å². The summed E-state index contributed by atoms with van der Waals surface area (Å²) in [5.74, 6) is -0.165. The van der Waals surface area contributed by atoms with Crippen molar-refractivity contribution in [3.05, 3.63) is 0 Å². The van der Waals surface area contributed by atoms with Gasteiger partial charge in [0.1, 0.15) is 6.10 Å². The fourth-order valence-corrected chi connectivity index (χ4v) is 2.12. The van der Waals surface area contributed by atoms with E-state index in [4.69, 9.17) is 5.73 Å². The van der Waals surface area contributed by atoms with E-state index in [1.807, 2.05) is 13.8 Å². The van der Waals surface area contributed by atoms with E-state index in [0.717, 1.165) is 6.42 Å². The monoisotopic (exact) mass is 307 g/mol. The second-order valence-electron chi connectivity index (χ2n) is 5.24. The van der Waals surface area contributed by atoms with Crippen LogP contribution in [0.5, 0.6) is 0 Å². The fraction of sp³-hybridized carbons (Fsp3) is 0.846. The van der Waals surface area contributed by atoms with Crippen LogP contribution in [0.3, 0.4) is 0 Å². The summed E-state index contributed by atoms with van der Waals surface area (Å²) in [6.45, 7) is 7.33. The third-order valence-electron chi connectivity index (χ3n) is 3.80. The molecule has 3 N–H and O–H groups in total. The van der Waals surface area contributed by atoms with Crippen molar-refractivity contribution < 1.29 is 14.7 Å². The van der Waals surface area contributed by atoms with Crippen molar-refractivity contribution in [2.24, 2.45) is 11.7 Å². The molecule has 1 fully saturated rings. The lowest BCUT2D eigenvalue weighted by atomic mass is 9.98. The first-order valence-corrected chi connectivity index (χ1v) is 6.89. The molecule has 3 atom stereocenters. The molecule has 3 unspecified atom stereocenters. The number of nitrogens with zero attached hydrogens (tertiary/aromatic N) is 2. The molecule has 0 aliphatic carbocycles. The number of amides is 2. The minimum absolute atomic E-state index is 0. The van der Waals surface area contributed by atoms with Crippen LogP contribution < -0.4 is 5.73 Å². The maximum absolute atomic E-state index is 12.2. The highest BCUT2D eigenvalue weighted by Gasteiger charge is 2.29. The fourth-order valence-electron chi connectivity index (χ4n) is 2.12. The molecule has 1 saturated heterocycles. The van der Waals surface area contributed by atoms with Crippen LogP contribution in [0.2, 0.25) is 0 Å². The second-order valence-corrected chi connectivity index (χ2v) is 5.24. The van der Waals surface area contributed by atoms with Crippen LogP contribution in [0, 0.1) is 5.92 Å². The average Bonchev–Trinajstić information content (AvgIpc) is 2.44. The molecule has 1 aliphatic rings. The SMILES string of the molecule is CCC(C)C(N)C(=O)N1CCN(C(=O)C(C)O)CC1.Cl. The Morgan fingerprint density at radius 3 is 1.85 bits per heavy atom. The average molecular weight is 308 g/mol. The second kappa shape index (κ2) is 8.44. The molecule has 118 valence electrons. The van der Waals surface area contributed by atoms with E-state index in [2.05, 4.69) is 0 Å². The summed E-state index contributed by atoms with van der Waals surface area (Å²) < 4.78 is 0. The maximum Gasteiger partial charge on any atom is 0.251 e. The van der Waals surface area contributed by atoms with Crippen LogP contribution >= 0.6 is 12.4 Å². The minimum atomic E-state index is -0.982. The van der Waals surface area contributed by atoms with Gasteiger partial charge < -0.3 is 20.6 Å². The topological polar surface area (TPSA) is 86.9 Å². The lowest BCUT2D eigenvalue weighted by Gasteiger charge is -2.37. The first-order valence-electron chi connectivity index (χ1n) is 6.89. The smallest absolute Gasteiger partial charge is 0.251 e. The number of piperazine rings is 1. The van der Waals surface area contributed by atoms with Gasteiger partial charge in [-0.3, -0.25) is 9.59 Å². The number of halogens is 1. The molecule has 2 amide bonds. The normalized spacial score (nSPS) is 19.9. The van der Waals surface area contributed by atoms with E-state index in [1.165, 1.54) is 6.92 Å². The maximum atomic E-state index is 12.2. The van der Waals surface area contributed by atoms with E-state index >= 15 is 0 Å². The molecule has 7 heteroatoms. The Hall–Kier alpha value is -0.850. The summed E-state index contributed by atoms with van der Waals surface area (Å²) in [5, 5.41) is 9.25. The number of hydrogen-bond acceptors (Lipinski definition) is 4. The molecule has 20 heavy (non-hydrogen) atoms. The largest absolute Gasteiger partial charge is 0.384 e. The zero-order valence-corrected chi connectivity index (χ0v) is 13.2. The quantitative estimate of drug-likeness (QED) is 0.755. The molecule has 6 nitrogen and oxygen atoms in total. The highest BCUT2D eigenvalue weighted by atomic mass is 35.5. The Kier molecular flexibility index (Phi) is 8.08. The Morgan fingerprint density at radius 1 is 1.10 bits per heavy atom. The predicted molar refractivity (Wildman–Crippen MR) is 79.5 cm³/mol. The lowest BCUT2D eigenvalue weighted by molar-refractivity contribution is -0.145. The highest BCUT2D eigenvalue weighted by Crippen LogP contribution is 2.11. The minimum Gasteiger partial charge on any atom is -0.384 e. The molecule has 1 rings (SSSR count). The predicted octanol–water partition coefficient (Wildman–Crippen LogP) is -0.167. The zero-order chi connectivity index (χ0) is 14.6. The van der Waals surface area contributed by atoms with Crippen molar-refractivity contribution in [2.45, 2.75) is 39.3 Å². The Morgan fingerprint density at radius 2 is 1.50 bits per heavy atom. The van der Waals surface area contributed by atoms with Crippen molar-refractivity contribution >= 4 is 24.2 Å². The van der Waals surface area contributed by atoms with Crippen LogP contribution in [-0.2, 0) is 9.59 Å². The number of carbonyl (C=O) groups excluding carboxylic acids is 2. The third-order valence-corrected chi connectivity index (χ3v) is 3.80. The molecule has 0 aromatic rings. The van der Waals surface area contributed by atoms with Gasteiger partial charge in [0.15, 0.2) is 0 Å². The number of aliphatic hydroxyl groups is 1. The molecule has 0 bridgehead atoms. The van der Waals surface area contributed by atoms with Gasteiger partial charge in [0.2, 0.25) is 5.91 Å². The molecular formula is C13H26ClN3O3. The molecule has 1 aliphatic heterocycles. The van der Waals surface area contributed by atoms with Gasteiger partial charge in [0, 0.05) is 26.2 Å². The van der Waals surface area contributed by atoms with Crippen molar-refractivity contribution in [1.82, 2.24) is 9.80 Å². The Labute approximate surface area is 126 Å². The van der Waals surface area contributed by atoms with Gasteiger partial charge in [-0.25, -0.2) is 0 Å². The highest BCUT2D eigenvalue weighted by molar-refractivity contribution is 5.85. The van der Waals surface area contributed by atoms with Gasteiger partial charge in [0.25, 0.3) is 5.91 Å². The van der Waals surface area contributed by atoms with Crippen molar-refractivity contribution in [2.75, 3.05) is 26.2 Å². The van der Waals surface area contributed by atoms with Crippen LogP contribution in [0.15, 0.2) is 0 Å². The summed E-state index contributed by atoms with van der Waals surface area (Å²) in [4.78, 5) is 27.1. The Bertz CT molecular complexity index is 331. The number of nitrogens with two attached hydrogens (primary N) is 1. The van der Waals surface area contributed by atoms with Crippen molar-refractivity contribution in [3.8, 4) is 0 Å². The molecule has 0 aromatic carbocycles. The van der Waals surface area contributed by atoms with Crippen LogP contribution in [0.25, 0.3) is 0 Å². The number of carbonyl (C=O) groups is 2. The number of aliphatic hydroxyl groups excluding tert-OH is 1. The van der Waals surface area contributed by atoms with E-state index in [1.54, 1.807) is 9.80 Å². The first kappa shape index (κ1) is 19.1. The summed E-state index contributed by atoms with van der Waals surface area (Å²) >= 11 is 0. The van der Waals surface area contributed by atoms with Gasteiger partial charge >= 0.3 is 0 Å². The lowest BCUT2D eigenvalue weighted by Crippen LogP contribution is -2.56. The van der Waals surface area contributed by atoms with Gasteiger partial charge in [-0.2, -0.15) is 0 Å². The van der Waals surface area contributed by atoms with Gasteiger partial charge in [-0.1, -0.05) is 20.3 Å². The molecule has 1 heterocycles. The molecule has 0 saturated carbocycles. The van der Waals surface area contributed by atoms with E-state index in [9.17, 15) is 14.7 Å². The van der Waals surface area contributed by atoms with Crippen molar-refractivity contribution in [3.63, 3.8) is 0 Å².